The van der Waals surface area contributed by atoms with Crippen LogP contribution in [0.5, 0.6) is 5.75 Å². The van der Waals surface area contributed by atoms with Gasteiger partial charge in [-0.15, -0.1) is 0 Å². The van der Waals surface area contributed by atoms with Crippen LogP contribution in [0.15, 0.2) is 42.5 Å². The molecule has 0 aliphatic heterocycles. The maximum atomic E-state index is 12.3. The number of carboxylic acids is 1. The van der Waals surface area contributed by atoms with Crippen LogP contribution in [-0.2, 0) is 4.79 Å². The van der Waals surface area contributed by atoms with Gasteiger partial charge in [0, 0.05) is 34.3 Å². The average Bonchev–Trinajstić information content (AvgIpc) is 2.76. The summed E-state index contributed by atoms with van der Waals surface area (Å²) in [6.07, 6.45) is 2.62. The van der Waals surface area contributed by atoms with E-state index in [1.54, 1.807) is 30.3 Å². The third-order valence-corrected chi connectivity index (χ3v) is 5.70. The third kappa shape index (κ3) is 6.87. The Morgan fingerprint density at radius 2 is 1.38 bits per heavy atom. The zero-order valence-corrected chi connectivity index (χ0v) is 18.8. The van der Waals surface area contributed by atoms with Crippen LogP contribution in [0.1, 0.15) is 46.4 Å². The van der Waals surface area contributed by atoms with E-state index in [9.17, 15) is 14.4 Å². The predicted octanol–water partition coefficient (Wildman–Crippen LogP) is 4.18. The number of carbonyl (C=O) groups excluding carboxylic acids is 2. The Hall–Kier alpha value is -2.77. The van der Waals surface area contributed by atoms with Crippen LogP contribution in [0.2, 0.25) is 10.0 Å². The first-order valence-electron chi connectivity index (χ1n) is 10.3. The molecular formula is C23H24Cl2N2O5. The molecule has 2 aromatic rings. The van der Waals surface area contributed by atoms with Crippen molar-refractivity contribution in [2.24, 2.45) is 5.92 Å². The van der Waals surface area contributed by atoms with Gasteiger partial charge in [-0.05, 0) is 68.1 Å². The van der Waals surface area contributed by atoms with E-state index >= 15 is 0 Å². The molecule has 2 amide bonds. The molecule has 0 saturated heterocycles. The zero-order valence-electron chi connectivity index (χ0n) is 17.3. The number of aliphatic carboxylic acids is 1. The summed E-state index contributed by atoms with van der Waals surface area (Å²) < 4.78 is 5.91. The van der Waals surface area contributed by atoms with Crippen molar-refractivity contribution in [3.05, 3.63) is 63.6 Å². The minimum atomic E-state index is -0.743. The molecule has 9 heteroatoms. The van der Waals surface area contributed by atoms with E-state index in [2.05, 4.69) is 10.6 Å². The van der Waals surface area contributed by atoms with Crippen LogP contribution in [0.3, 0.4) is 0 Å². The molecule has 7 nitrogen and oxygen atoms in total. The summed E-state index contributed by atoms with van der Waals surface area (Å²) in [5.74, 6) is -0.977. The topological polar surface area (TPSA) is 105 Å². The summed E-state index contributed by atoms with van der Waals surface area (Å²) in [5, 5.41) is 15.2. The second-order valence-electron chi connectivity index (χ2n) is 7.62. The Bertz CT molecular complexity index is 953. The van der Waals surface area contributed by atoms with Crippen molar-refractivity contribution < 1.29 is 24.2 Å². The Morgan fingerprint density at radius 3 is 1.91 bits per heavy atom. The summed E-state index contributed by atoms with van der Waals surface area (Å²) in [6.45, 7) is 0.499. The summed E-state index contributed by atoms with van der Waals surface area (Å²) in [4.78, 5) is 35.5. The monoisotopic (exact) mass is 478 g/mol. The first kappa shape index (κ1) is 23.9. The summed E-state index contributed by atoms with van der Waals surface area (Å²) in [5.41, 5.74) is 0.820. The van der Waals surface area contributed by atoms with Crippen molar-refractivity contribution in [1.29, 1.82) is 0 Å². The number of hydrogen-bond donors (Lipinski definition) is 3. The fourth-order valence-corrected chi connectivity index (χ4v) is 4.07. The minimum Gasteiger partial charge on any atom is -0.490 e. The van der Waals surface area contributed by atoms with Gasteiger partial charge in [-0.1, -0.05) is 23.2 Å². The fraction of sp³-hybridized carbons (Fsp3) is 0.348. The van der Waals surface area contributed by atoms with Crippen LogP contribution in [-0.4, -0.2) is 42.1 Å². The van der Waals surface area contributed by atoms with Gasteiger partial charge in [0.2, 0.25) is 0 Å². The largest absolute Gasteiger partial charge is 0.490 e. The van der Waals surface area contributed by atoms with E-state index in [4.69, 9.17) is 33.0 Å². The highest BCUT2D eigenvalue weighted by atomic mass is 35.5. The first-order valence-corrected chi connectivity index (χ1v) is 11.1. The van der Waals surface area contributed by atoms with Gasteiger partial charge in [-0.3, -0.25) is 14.4 Å². The number of hydrogen-bond acceptors (Lipinski definition) is 4. The van der Waals surface area contributed by atoms with Crippen LogP contribution >= 0.6 is 23.2 Å². The van der Waals surface area contributed by atoms with Crippen molar-refractivity contribution in [2.45, 2.75) is 31.8 Å². The third-order valence-electron chi connectivity index (χ3n) is 5.26. The number of nitrogens with one attached hydrogen (secondary N) is 2. The zero-order chi connectivity index (χ0) is 23.1. The molecule has 0 unspecified atom stereocenters. The molecule has 0 atom stereocenters. The standard InChI is InChI=1S/C23H24Cl2N2O5/c24-17-11-16(12-18(25)13-17)22(29)27-10-9-26-21(28)14-1-5-19(6-2-14)32-20-7-3-15(4-8-20)23(30)31/h1-2,5-6,11-13,15,20H,3-4,7-10H2,(H,26,28)(H,27,29)(H,30,31). The number of halogens is 2. The SMILES string of the molecule is O=C(NCCNC(=O)c1cc(Cl)cc(Cl)c1)c1ccc(OC2CCC(C(=O)O)CC2)cc1. The second kappa shape index (κ2) is 11.2. The smallest absolute Gasteiger partial charge is 0.306 e. The quantitative estimate of drug-likeness (QED) is 0.493. The van der Waals surface area contributed by atoms with Gasteiger partial charge in [0.05, 0.1) is 12.0 Å². The van der Waals surface area contributed by atoms with Crippen LogP contribution < -0.4 is 15.4 Å². The normalized spacial score (nSPS) is 17.9. The number of carboxylic acid groups (broad SMARTS) is 1. The Balaban J connectivity index is 1.40. The number of ether oxygens (including phenoxy) is 1. The van der Waals surface area contributed by atoms with Crippen molar-refractivity contribution in [1.82, 2.24) is 10.6 Å². The summed E-state index contributed by atoms with van der Waals surface area (Å²) >= 11 is 11.8. The van der Waals surface area contributed by atoms with E-state index in [-0.39, 0.29) is 36.9 Å². The number of rotatable bonds is 8. The first-order chi connectivity index (χ1) is 15.3. The van der Waals surface area contributed by atoms with Crippen molar-refractivity contribution in [3.8, 4) is 5.75 Å². The molecular weight excluding hydrogens is 455 g/mol. The highest BCUT2D eigenvalue weighted by Gasteiger charge is 2.26. The molecule has 1 aliphatic rings. The molecule has 2 aromatic carbocycles. The van der Waals surface area contributed by atoms with Gasteiger partial charge < -0.3 is 20.5 Å². The number of benzene rings is 2. The van der Waals surface area contributed by atoms with E-state index in [0.717, 1.165) is 0 Å². The lowest BCUT2D eigenvalue weighted by atomic mass is 9.87. The van der Waals surface area contributed by atoms with Crippen LogP contribution in [0.25, 0.3) is 0 Å². The molecule has 170 valence electrons. The molecule has 0 spiro atoms. The maximum Gasteiger partial charge on any atom is 0.306 e. The molecule has 0 heterocycles. The van der Waals surface area contributed by atoms with Crippen molar-refractivity contribution in [3.63, 3.8) is 0 Å². The van der Waals surface area contributed by atoms with E-state index < -0.39 is 5.97 Å². The summed E-state index contributed by atoms with van der Waals surface area (Å²) in [6, 6.07) is 11.4. The molecule has 3 N–H and O–H groups in total. The summed E-state index contributed by atoms with van der Waals surface area (Å²) in [7, 11) is 0. The number of carbonyl (C=O) groups is 3. The Kier molecular flexibility index (Phi) is 8.36. The van der Waals surface area contributed by atoms with Gasteiger partial charge >= 0.3 is 5.97 Å². The van der Waals surface area contributed by atoms with E-state index in [1.807, 2.05) is 0 Å². The van der Waals surface area contributed by atoms with Gasteiger partial charge in [0.1, 0.15) is 5.75 Å². The molecule has 32 heavy (non-hydrogen) atoms. The van der Waals surface area contributed by atoms with Crippen molar-refractivity contribution in [2.75, 3.05) is 13.1 Å². The Labute approximate surface area is 196 Å². The number of amides is 2. The molecule has 0 radical (unpaired) electrons. The molecule has 0 aromatic heterocycles. The lowest BCUT2D eigenvalue weighted by Gasteiger charge is -2.26. The van der Waals surface area contributed by atoms with Gasteiger partial charge in [-0.2, -0.15) is 0 Å². The van der Waals surface area contributed by atoms with Crippen LogP contribution in [0.4, 0.5) is 0 Å². The minimum absolute atomic E-state index is 0.0109. The van der Waals surface area contributed by atoms with Gasteiger partial charge in [0.15, 0.2) is 0 Å². The van der Waals surface area contributed by atoms with Crippen LogP contribution in [0, 0.1) is 5.92 Å². The fourth-order valence-electron chi connectivity index (χ4n) is 3.55. The predicted molar refractivity (Wildman–Crippen MR) is 122 cm³/mol. The molecule has 1 fully saturated rings. The van der Waals surface area contributed by atoms with Gasteiger partial charge in [-0.25, -0.2) is 0 Å². The lowest BCUT2D eigenvalue weighted by molar-refractivity contribution is -0.143. The van der Waals surface area contributed by atoms with E-state index in [1.165, 1.54) is 12.1 Å². The molecule has 1 aliphatic carbocycles. The molecule has 0 bridgehead atoms. The molecule has 3 rings (SSSR count). The lowest BCUT2D eigenvalue weighted by Crippen LogP contribution is -2.34. The van der Waals surface area contributed by atoms with E-state index in [0.29, 0.717) is 52.6 Å². The highest BCUT2D eigenvalue weighted by Crippen LogP contribution is 2.28. The Morgan fingerprint density at radius 1 is 0.844 bits per heavy atom. The van der Waals surface area contributed by atoms with Gasteiger partial charge in [0.25, 0.3) is 11.8 Å². The maximum absolute atomic E-state index is 12.3. The average molecular weight is 479 g/mol. The second-order valence-corrected chi connectivity index (χ2v) is 8.50. The molecule has 1 saturated carbocycles. The van der Waals surface area contributed by atoms with Crippen molar-refractivity contribution >= 4 is 41.0 Å². The highest BCUT2D eigenvalue weighted by molar-refractivity contribution is 6.35.